The smallest absolute Gasteiger partial charge is 0.277 e. The monoisotopic (exact) mass is 354 g/mol. The molecule has 0 saturated carbocycles. The van der Waals surface area contributed by atoms with E-state index in [0.717, 1.165) is 5.01 Å². The number of halogens is 2. The van der Waals surface area contributed by atoms with Crippen LogP contribution in [0.2, 0.25) is 0 Å². The van der Waals surface area contributed by atoms with Crippen molar-refractivity contribution in [2.45, 2.75) is 6.54 Å². The maximum atomic E-state index is 13.3. The molecule has 3 rings (SSSR count). The molecule has 0 aliphatic heterocycles. The summed E-state index contributed by atoms with van der Waals surface area (Å²) in [6.45, 7) is 0.362. The van der Waals surface area contributed by atoms with E-state index in [9.17, 15) is 4.39 Å². The predicted molar refractivity (Wildman–Crippen MR) is 76.4 cm³/mol. The van der Waals surface area contributed by atoms with Gasteiger partial charge in [0.05, 0.1) is 0 Å². The Balaban J connectivity index is 1.99. The van der Waals surface area contributed by atoms with E-state index in [-0.39, 0.29) is 11.7 Å². The van der Waals surface area contributed by atoms with Crippen molar-refractivity contribution in [3.05, 3.63) is 38.9 Å². The third kappa shape index (κ3) is 2.49. The molecule has 0 unspecified atom stereocenters. The van der Waals surface area contributed by atoms with Gasteiger partial charge in [0, 0.05) is 22.0 Å². The van der Waals surface area contributed by atoms with Crippen LogP contribution in [0.15, 0.2) is 32.6 Å². The maximum absolute atomic E-state index is 13.3. The zero-order valence-electron chi connectivity index (χ0n) is 10.0. The van der Waals surface area contributed by atoms with E-state index in [1.54, 1.807) is 11.4 Å². The number of hydrogen-bond donors (Lipinski definition) is 1. The molecule has 1 aromatic carbocycles. The van der Waals surface area contributed by atoms with E-state index >= 15 is 0 Å². The Morgan fingerprint density at radius 3 is 2.95 bits per heavy atom. The minimum absolute atomic E-state index is 0.284. The molecule has 0 aliphatic rings. The molecule has 2 heterocycles. The topological polar surface area (TPSA) is 77.8 Å². The lowest BCUT2D eigenvalue weighted by molar-refractivity contribution is 0.431. The molecule has 0 fully saturated rings. The molecular formula is C12H8BrFN4OS. The molecule has 2 aromatic heterocycles. The van der Waals surface area contributed by atoms with E-state index in [1.807, 2.05) is 0 Å². The summed E-state index contributed by atoms with van der Waals surface area (Å²) in [6.07, 6.45) is 0. The number of benzene rings is 1. The molecule has 8 heteroatoms. The Morgan fingerprint density at radius 1 is 1.35 bits per heavy atom. The molecule has 0 bridgehead atoms. The molecule has 5 nitrogen and oxygen atoms in total. The fourth-order valence-electron chi connectivity index (χ4n) is 1.61. The standard InChI is InChI=1S/C12H8BrFN4OS/c13-8-2-1-6(14)3-7(8)11-17-12(19-18-11)9-5-20-10(4-15)16-9/h1-3,5H,4,15H2. The highest BCUT2D eigenvalue weighted by Gasteiger charge is 2.15. The van der Waals surface area contributed by atoms with Crippen LogP contribution in [0.1, 0.15) is 5.01 Å². The zero-order valence-corrected chi connectivity index (χ0v) is 12.4. The highest BCUT2D eigenvalue weighted by atomic mass is 79.9. The largest absolute Gasteiger partial charge is 0.332 e. The van der Waals surface area contributed by atoms with E-state index in [2.05, 4.69) is 31.1 Å². The Bertz CT molecular complexity index is 758. The van der Waals surface area contributed by atoms with Gasteiger partial charge in [0.1, 0.15) is 16.5 Å². The molecule has 0 spiro atoms. The summed E-state index contributed by atoms with van der Waals surface area (Å²) in [6, 6.07) is 4.28. The molecular weight excluding hydrogens is 347 g/mol. The van der Waals surface area contributed by atoms with Crippen molar-refractivity contribution >= 4 is 27.3 Å². The van der Waals surface area contributed by atoms with Gasteiger partial charge in [-0.2, -0.15) is 4.98 Å². The summed E-state index contributed by atoms with van der Waals surface area (Å²) < 4.78 is 19.1. The maximum Gasteiger partial charge on any atom is 0.277 e. The lowest BCUT2D eigenvalue weighted by atomic mass is 10.2. The van der Waals surface area contributed by atoms with Crippen molar-refractivity contribution < 1.29 is 8.91 Å². The van der Waals surface area contributed by atoms with Crippen LogP contribution in [0.3, 0.4) is 0 Å². The summed E-state index contributed by atoms with van der Waals surface area (Å²) in [5, 5.41) is 6.43. The second-order valence-electron chi connectivity index (χ2n) is 3.88. The van der Waals surface area contributed by atoms with Crippen molar-refractivity contribution in [1.29, 1.82) is 0 Å². The van der Waals surface area contributed by atoms with Gasteiger partial charge in [-0.3, -0.25) is 0 Å². The van der Waals surface area contributed by atoms with Gasteiger partial charge in [-0.05, 0) is 18.2 Å². The van der Waals surface area contributed by atoms with Gasteiger partial charge >= 0.3 is 0 Å². The van der Waals surface area contributed by atoms with Gasteiger partial charge in [0.2, 0.25) is 5.82 Å². The lowest BCUT2D eigenvalue weighted by Crippen LogP contribution is -1.94. The second-order valence-corrected chi connectivity index (χ2v) is 5.67. The van der Waals surface area contributed by atoms with Crippen molar-refractivity contribution in [1.82, 2.24) is 15.1 Å². The summed E-state index contributed by atoms with van der Waals surface area (Å²) in [5.41, 5.74) is 6.60. The summed E-state index contributed by atoms with van der Waals surface area (Å²) in [7, 11) is 0. The fourth-order valence-corrected chi connectivity index (χ4v) is 2.68. The SMILES string of the molecule is NCc1nc(-c2nc(-c3cc(F)ccc3Br)no2)cs1. The predicted octanol–water partition coefficient (Wildman–Crippen LogP) is 3.22. The van der Waals surface area contributed by atoms with Gasteiger partial charge in [0.25, 0.3) is 5.89 Å². The van der Waals surface area contributed by atoms with Crippen molar-refractivity contribution in [2.75, 3.05) is 0 Å². The average molecular weight is 355 g/mol. The first kappa shape index (κ1) is 13.3. The van der Waals surface area contributed by atoms with Crippen LogP contribution in [0.25, 0.3) is 23.0 Å². The van der Waals surface area contributed by atoms with Crippen LogP contribution in [-0.2, 0) is 6.54 Å². The number of thiazole rings is 1. The van der Waals surface area contributed by atoms with Gasteiger partial charge in [-0.15, -0.1) is 11.3 Å². The number of hydrogen-bond acceptors (Lipinski definition) is 6. The van der Waals surface area contributed by atoms with E-state index in [0.29, 0.717) is 28.1 Å². The van der Waals surface area contributed by atoms with Gasteiger partial charge in [-0.25, -0.2) is 9.37 Å². The molecule has 0 radical (unpaired) electrons. The van der Waals surface area contributed by atoms with Gasteiger partial charge < -0.3 is 10.3 Å². The third-order valence-corrected chi connectivity index (χ3v) is 4.10. The molecule has 0 atom stereocenters. The van der Waals surface area contributed by atoms with Crippen LogP contribution in [0, 0.1) is 5.82 Å². The van der Waals surface area contributed by atoms with Gasteiger partial charge in [0.15, 0.2) is 0 Å². The van der Waals surface area contributed by atoms with Crippen molar-refractivity contribution in [3.8, 4) is 23.0 Å². The molecule has 0 saturated heterocycles. The number of rotatable bonds is 3. The normalized spacial score (nSPS) is 10.9. The molecule has 0 aliphatic carbocycles. The Morgan fingerprint density at radius 2 is 2.20 bits per heavy atom. The molecule has 2 N–H and O–H groups in total. The number of aromatic nitrogens is 3. The van der Waals surface area contributed by atoms with Crippen LogP contribution in [0.4, 0.5) is 4.39 Å². The van der Waals surface area contributed by atoms with Crippen molar-refractivity contribution in [3.63, 3.8) is 0 Å². The number of nitrogens with two attached hydrogens (primary N) is 1. The van der Waals surface area contributed by atoms with Crippen LogP contribution >= 0.6 is 27.3 Å². The lowest BCUT2D eigenvalue weighted by Gasteiger charge is -1.98. The summed E-state index contributed by atoms with van der Waals surface area (Å²) in [4.78, 5) is 8.49. The highest BCUT2D eigenvalue weighted by Crippen LogP contribution is 2.29. The zero-order chi connectivity index (χ0) is 14.1. The Hall–Kier alpha value is -1.64. The first-order chi connectivity index (χ1) is 9.67. The van der Waals surface area contributed by atoms with Gasteiger partial charge in [-0.1, -0.05) is 21.1 Å². The fraction of sp³-hybridized carbons (Fsp3) is 0.0833. The second kappa shape index (κ2) is 5.39. The molecule has 102 valence electrons. The Kier molecular flexibility index (Phi) is 3.60. The molecule has 3 aromatic rings. The molecule has 20 heavy (non-hydrogen) atoms. The number of nitrogens with zero attached hydrogens (tertiary/aromatic N) is 3. The van der Waals surface area contributed by atoms with E-state index in [4.69, 9.17) is 10.3 Å². The third-order valence-electron chi connectivity index (χ3n) is 2.54. The summed E-state index contributed by atoms with van der Waals surface area (Å²) >= 11 is 4.75. The molecule has 0 amide bonds. The van der Waals surface area contributed by atoms with Crippen molar-refractivity contribution in [2.24, 2.45) is 5.73 Å². The first-order valence-corrected chi connectivity index (χ1v) is 7.28. The van der Waals surface area contributed by atoms with E-state index < -0.39 is 0 Å². The van der Waals surface area contributed by atoms with E-state index in [1.165, 1.54) is 23.5 Å². The van der Waals surface area contributed by atoms with Crippen LogP contribution < -0.4 is 5.73 Å². The van der Waals surface area contributed by atoms with Crippen LogP contribution in [-0.4, -0.2) is 15.1 Å². The van der Waals surface area contributed by atoms with Crippen LogP contribution in [0.5, 0.6) is 0 Å². The minimum atomic E-state index is -0.367. The average Bonchev–Trinajstić information content (AvgIpc) is 3.09. The quantitative estimate of drug-likeness (QED) is 0.781. The Labute approximate surface area is 125 Å². The highest BCUT2D eigenvalue weighted by molar-refractivity contribution is 9.10. The minimum Gasteiger partial charge on any atom is -0.332 e. The first-order valence-electron chi connectivity index (χ1n) is 5.61. The summed E-state index contributed by atoms with van der Waals surface area (Å²) in [5.74, 6) is 0.217.